The lowest BCUT2D eigenvalue weighted by Gasteiger charge is -2.33. The Kier molecular flexibility index (Phi) is 4.20. The number of hydrogen-bond acceptors (Lipinski definition) is 5. The van der Waals surface area contributed by atoms with E-state index in [1.807, 2.05) is 18.2 Å². The second kappa shape index (κ2) is 6.04. The third-order valence-corrected chi connectivity index (χ3v) is 4.68. The summed E-state index contributed by atoms with van der Waals surface area (Å²) >= 11 is 0. The van der Waals surface area contributed by atoms with Gasteiger partial charge in [-0.1, -0.05) is 24.3 Å². The molecule has 3 atom stereocenters. The molecule has 0 radical (unpaired) electrons. The summed E-state index contributed by atoms with van der Waals surface area (Å²) < 4.78 is 10.8. The zero-order valence-corrected chi connectivity index (χ0v) is 14.2. The molecule has 0 amide bonds. The van der Waals surface area contributed by atoms with Crippen molar-refractivity contribution in [2.75, 3.05) is 6.61 Å². The normalized spacial score (nSPS) is 25.7. The predicted molar refractivity (Wildman–Crippen MR) is 86.5 cm³/mol. The molecular weight excluding hydrogens is 308 g/mol. The van der Waals surface area contributed by atoms with Gasteiger partial charge >= 0.3 is 11.9 Å². The Balaban J connectivity index is 1.80. The number of esters is 2. The molecular formula is C19H22O5. The molecule has 0 unspecified atom stereocenters. The third kappa shape index (κ3) is 2.95. The molecule has 0 aromatic heterocycles. The van der Waals surface area contributed by atoms with Gasteiger partial charge in [0.1, 0.15) is 6.10 Å². The van der Waals surface area contributed by atoms with Gasteiger partial charge in [0, 0.05) is 11.5 Å². The molecule has 0 spiro atoms. The second-order valence-electron chi connectivity index (χ2n) is 7.50. The van der Waals surface area contributed by atoms with Gasteiger partial charge in [0.15, 0.2) is 5.78 Å². The van der Waals surface area contributed by atoms with E-state index in [9.17, 15) is 14.4 Å². The van der Waals surface area contributed by atoms with Crippen LogP contribution in [0.1, 0.15) is 55.5 Å². The molecule has 1 aliphatic heterocycles. The van der Waals surface area contributed by atoms with Crippen LogP contribution in [0.15, 0.2) is 24.3 Å². The molecule has 1 aromatic rings. The van der Waals surface area contributed by atoms with E-state index in [0.29, 0.717) is 12.0 Å². The number of fused-ring (bicyclic) bond motifs is 2. The van der Waals surface area contributed by atoms with Gasteiger partial charge in [0.05, 0.1) is 24.4 Å². The standard InChI is InChI=1S/C19H22O5/c1-19(2,3)18(22)23-9-8-13-11-6-4-5-7-12(11)16(21)14-10-15(20)24-17(13)14/h4-7,13-14,17H,8-10H2,1-3H3/t13-,14+,17+/m1/s1. The van der Waals surface area contributed by atoms with Crippen molar-refractivity contribution in [3.63, 3.8) is 0 Å². The minimum atomic E-state index is -0.553. The average molecular weight is 330 g/mol. The molecule has 0 bridgehead atoms. The molecule has 24 heavy (non-hydrogen) atoms. The van der Waals surface area contributed by atoms with E-state index in [4.69, 9.17) is 9.47 Å². The van der Waals surface area contributed by atoms with Crippen LogP contribution in [0.3, 0.4) is 0 Å². The van der Waals surface area contributed by atoms with Crippen molar-refractivity contribution in [2.45, 2.75) is 45.6 Å². The molecule has 0 saturated carbocycles. The topological polar surface area (TPSA) is 69.7 Å². The van der Waals surface area contributed by atoms with Gasteiger partial charge in [0.25, 0.3) is 0 Å². The fourth-order valence-electron chi connectivity index (χ4n) is 3.42. The van der Waals surface area contributed by atoms with Crippen molar-refractivity contribution in [2.24, 2.45) is 11.3 Å². The maximum absolute atomic E-state index is 12.6. The molecule has 1 aliphatic carbocycles. The van der Waals surface area contributed by atoms with Crippen LogP contribution in [-0.2, 0) is 19.1 Å². The van der Waals surface area contributed by atoms with Crippen LogP contribution in [0, 0.1) is 11.3 Å². The Bertz CT molecular complexity index is 685. The van der Waals surface area contributed by atoms with Crippen molar-refractivity contribution < 1.29 is 23.9 Å². The molecule has 1 heterocycles. The fraction of sp³-hybridized carbons (Fsp3) is 0.526. The van der Waals surface area contributed by atoms with Gasteiger partial charge < -0.3 is 9.47 Å². The van der Waals surface area contributed by atoms with Crippen molar-refractivity contribution in [1.82, 2.24) is 0 Å². The number of benzene rings is 1. The highest BCUT2D eigenvalue weighted by molar-refractivity contribution is 6.03. The molecule has 128 valence electrons. The van der Waals surface area contributed by atoms with E-state index in [2.05, 4.69) is 0 Å². The minimum Gasteiger partial charge on any atom is -0.465 e. The van der Waals surface area contributed by atoms with Gasteiger partial charge in [-0.05, 0) is 32.8 Å². The summed E-state index contributed by atoms with van der Waals surface area (Å²) in [7, 11) is 0. The molecule has 5 nitrogen and oxygen atoms in total. The summed E-state index contributed by atoms with van der Waals surface area (Å²) in [4.78, 5) is 36.2. The van der Waals surface area contributed by atoms with Gasteiger partial charge in [-0.15, -0.1) is 0 Å². The number of hydrogen-bond donors (Lipinski definition) is 0. The number of carbonyl (C=O) groups is 3. The quantitative estimate of drug-likeness (QED) is 0.797. The molecule has 2 aliphatic rings. The highest BCUT2D eigenvalue weighted by Crippen LogP contribution is 2.43. The van der Waals surface area contributed by atoms with Crippen molar-refractivity contribution in [3.8, 4) is 0 Å². The fourth-order valence-corrected chi connectivity index (χ4v) is 3.42. The predicted octanol–water partition coefficient (Wildman–Crippen LogP) is 2.88. The molecule has 5 heteroatoms. The largest absolute Gasteiger partial charge is 0.465 e. The van der Waals surface area contributed by atoms with E-state index < -0.39 is 17.4 Å². The second-order valence-corrected chi connectivity index (χ2v) is 7.50. The van der Waals surface area contributed by atoms with Crippen molar-refractivity contribution in [1.29, 1.82) is 0 Å². The summed E-state index contributed by atoms with van der Waals surface area (Å²) in [6.07, 6.45) is 0.213. The van der Waals surface area contributed by atoms with Gasteiger partial charge in [-0.2, -0.15) is 0 Å². The minimum absolute atomic E-state index is 0.0237. The zero-order chi connectivity index (χ0) is 17.5. The van der Waals surface area contributed by atoms with Crippen LogP contribution in [0.4, 0.5) is 0 Å². The number of Topliss-reactive ketones (excluding diaryl/α,β-unsaturated/α-hetero) is 1. The van der Waals surface area contributed by atoms with Gasteiger partial charge in [0.2, 0.25) is 0 Å². The molecule has 3 rings (SSSR count). The van der Waals surface area contributed by atoms with Gasteiger partial charge in [-0.25, -0.2) is 0 Å². The lowest BCUT2D eigenvalue weighted by molar-refractivity contribution is -0.154. The van der Waals surface area contributed by atoms with Crippen LogP contribution < -0.4 is 0 Å². The van der Waals surface area contributed by atoms with E-state index in [-0.39, 0.29) is 36.7 Å². The summed E-state index contributed by atoms with van der Waals surface area (Å²) in [6, 6.07) is 7.39. The molecule has 1 fully saturated rings. The Labute approximate surface area is 141 Å². The van der Waals surface area contributed by atoms with Crippen LogP contribution in [0.5, 0.6) is 0 Å². The summed E-state index contributed by atoms with van der Waals surface area (Å²) in [6.45, 7) is 5.65. The molecule has 0 N–H and O–H groups in total. The summed E-state index contributed by atoms with van der Waals surface area (Å²) in [5, 5.41) is 0. The third-order valence-electron chi connectivity index (χ3n) is 4.68. The van der Waals surface area contributed by atoms with Crippen LogP contribution in [0.25, 0.3) is 0 Å². The van der Waals surface area contributed by atoms with E-state index in [1.165, 1.54) is 0 Å². The first kappa shape index (κ1) is 16.7. The lowest BCUT2D eigenvalue weighted by atomic mass is 9.72. The lowest BCUT2D eigenvalue weighted by Crippen LogP contribution is -2.37. The average Bonchev–Trinajstić information content (AvgIpc) is 2.91. The van der Waals surface area contributed by atoms with E-state index in [0.717, 1.165) is 5.56 Å². The highest BCUT2D eigenvalue weighted by Gasteiger charge is 2.49. The number of ketones is 1. The van der Waals surface area contributed by atoms with E-state index in [1.54, 1.807) is 26.8 Å². The number of ether oxygens (including phenoxy) is 2. The Hall–Kier alpha value is -2.17. The van der Waals surface area contributed by atoms with Gasteiger partial charge in [-0.3, -0.25) is 14.4 Å². The maximum Gasteiger partial charge on any atom is 0.311 e. The van der Waals surface area contributed by atoms with Crippen LogP contribution in [0.2, 0.25) is 0 Å². The summed E-state index contributed by atoms with van der Waals surface area (Å²) in [5.74, 6) is -1.16. The van der Waals surface area contributed by atoms with Crippen molar-refractivity contribution >= 4 is 17.7 Å². The number of carbonyl (C=O) groups excluding carboxylic acids is 3. The van der Waals surface area contributed by atoms with Crippen molar-refractivity contribution in [3.05, 3.63) is 35.4 Å². The Morgan fingerprint density at radius 2 is 1.96 bits per heavy atom. The Morgan fingerprint density at radius 1 is 1.25 bits per heavy atom. The zero-order valence-electron chi connectivity index (χ0n) is 14.2. The number of rotatable bonds is 3. The first-order chi connectivity index (χ1) is 11.3. The summed E-state index contributed by atoms with van der Waals surface area (Å²) in [5.41, 5.74) is 0.984. The monoisotopic (exact) mass is 330 g/mol. The highest BCUT2D eigenvalue weighted by atomic mass is 16.6. The van der Waals surface area contributed by atoms with E-state index >= 15 is 0 Å². The Morgan fingerprint density at radius 3 is 2.67 bits per heavy atom. The van der Waals surface area contributed by atoms with Crippen LogP contribution >= 0.6 is 0 Å². The smallest absolute Gasteiger partial charge is 0.311 e. The molecule has 1 saturated heterocycles. The maximum atomic E-state index is 12.6. The van der Waals surface area contributed by atoms with Crippen LogP contribution in [-0.4, -0.2) is 30.4 Å². The SMILES string of the molecule is CC(C)(C)C(=O)OCC[C@@H]1c2ccccc2C(=O)[C@@H]2CC(=O)O[C@@H]12. The first-order valence-corrected chi connectivity index (χ1v) is 8.29. The first-order valence-electron chi connectivity index (χ1n) is 8.29. The molecule has 1 aromatic carbocycles.